The number of nitrogens with zero attached hydrogens (tertiary/aromatic N) is 1. The summed E-state index contributed by atoms with van der Waals surface area (Å²) in [5.41, 5.74) is 8.79. The van der Waals surface area contributed by atoms with E-state index in [-0.39, 0.29) is 22.4 Å². The third kappa shape index (κ3) is 3.22. The molecule has 0 amide bonds. The highest BCUT2D eigenvalue weighted by Crippen LogP contribution is 2.51. The maximum Gasteiger partial charge on any atom is 0.139 e. The standard InChI is InChI=1S/C23H30FN3O/c1-22(2,3)14-27-10-8-23(9-11-27)13-26-21-18(28)12-16(20(24)19(21)23)15-6-4-5-7-17(15)25/h4-7,12,26,28H,8-11,13-14,25H2,1-3H3. The van der Waals surface area contributed by atoms with E-state index in [2.05, 4.69) is 31.0 Å². The van der Waals surface area contributed by atoms with Gasteiger partial charge in [0.15, 0.2) is 0 Å². The quantitative estimate of drug-likeness (QED) is 0.524. The van der Waals surface area contributed by atoms with Gasteiger partial charge in [0.25, 0.3) is 0 Å². The van der Waals surface area contributed by atoms with Crippen LogP contribution in [0.15, 0.2) is 30.3 Å². The number of hydrogen-bond acceptors (Lipinski definition) is 4. The summed E-state index contributed by atoms with van der Waals surface area (Å²) in [6.07, 6.45) is 1.76. The van der Waals surface area contributed by atoms with Crippen LogP contribution in [0.1, 0.15) is 39.2 Å². The van der Waals surface area contributed by atoms with Crippen LogP contribution in [0.4, 0.5) is 15.8 Å². The fraction of sp³-hybridized carbons (Fsp3) is 0.478. The normalized spacial score (nSPS) is 18.9. The molecular weight excluding hydrogens is 353 g/mol. The minimum atomic E-state index is -0.273. The van der Waals surface area contributed by atoms with Crippen LogP contribution in [-0.2, 0) is 5.41 Å². The van der Waals surface area contributed by atoms with Gasteiger partial charge in [0.05, 0.1) is 5.69 Å². The molecule has 150 valence electrons. The third-order valence-corrected chi connectivity index (χ3v) is 6.14. The van der Waals surface area contributed by atoms with Crippen LogP contribution in [0.25, 0.3) is 11.1 Å². The Morgan fingerprint density at radius 1 is 1.18 bits per heavy atom. The second kappa shape index (κ2) is 6.66. The molecule has 0 saturated carbocycles. The molecule has 4 rings (SSSR count). The minimum absolute atomic E-state index is 0.101. The Kier molecular flexibility index (Phi) is 4.53. The smallest absolute Gasteiger partial charge is 0.139 e. The van der Waals surface area contributed by atoms with Crippen molar-refractivity contribution in [1.29, 1.82) is 0 Å². The van der Waals surface area contributed by atoms with E-state index in [0.29, 0.717) is 34.6 Å². The number of hydrogen-bond donors (Lipinski definition) is 3. The van der Waals surface area contributed by atoms with E-state index in [4.69, 9.17) is 5.73 Å². The average molecular weight is 384 g/mol. The number of halogens is 1. The van der Waals surface area contributed by atoms with E-state index in [9.17, 15) is 5.11 Å². The summed E-state index contributed by atoms with van der Waals surface area (Å²) in [5, 5.41) is 13.9. The van der Waals surface area contributed by atoms with E-state index in [0.717, 1.165) is 32.5 Å². The molecule has 1 fully saturated rings. The molecule has 0 aliphatic carbocycles. The lowest BCUT2D eigenvalue weighted by molar-refractivity contribution is 0.125. The SMILES string of the molecule is CC(C)(C)CN1CCC2(CC1)CNc1c(O)cc(-c3ccccc3N)c(F)c12. The summed E-state index contributed by atoms with van der Waals surface area (Å²) in [5.74, 6) is -0.149. The monoisotopic (exact) mass is 383 g/mol. The van der Waals surface area contributed by atoms with Gasteiger partial charge in [0.1, 0.15) is 11.6 Å². The van der Waals surface area contributed by atoms with Crippen LogP contribution in [-0.4, -0.2) is 36.2 Å². The summed E-state index contributed by atoms with van der Waals surface area (Å²) in [6, 6.07) is 8.74. The van der Waals surface area contributed by atoms with Gasteiger partial charge in [0, 0.05) is 40.9 Å². The van der Waals surface area contributed by atoms with E-state index in [1.807, 2.05) is 12.1 Å². The fourth-order valence-electron chi connectivity index (χ4n) is 4.84. The summed E-state index contributed by atoms with van der Waals surface area (Å²) in [6.45, 7) is 10.3. The molecule has 28 heavy (non-hydrogen) atoms. The molecule has 2 aliphatic heterocycles. The Bertz CT molecular complexity index is 895. The van der Waals surface area contributed by atoms with Crippen molar-refractivity contribution in [3.63, 3.8) is 0 Å². The number of fused-ring (bicyclic) bond motifs is 2. The van der Waals surface area contributed by atoms with Gasteiger partial charge < -0.3 is 21.1 Å². The molecule has 4 nitrogen and oxygen atoms in total. The van der Waals surface area contributed by atoms with Crippen LogP contribution in [0.3, 0.4) is 0 Å². The summed E-state index contributed by atoms with van der Waals surface area (Å²) in [4.78, 5) is 2.47. The number of rotatable bonds is 2. The Labute approximate surface area is 166 Å². The van der Waals surface area contributed by atoms with Crippen LogP contribution in [0.5, 0.6) is 5.75 Å². The second-order valence-electron chi connectivity index (χ2n) is 9.57. The van der Waals surface area contributed by atoms with E-state index < -0.39 is 0 Å². The summed E-state index contributed by atoms with van der Waals surface area (Å²) >= 11 is 0. The lowest BCUT2D eigenvalue weighted by Gasteiger charge is -2.41. The van der Waals surface area contributed by atoms with Crippen molar-refractivity contribution < 1.29 is 9.50 Å². The Morgan fingerprint density at radius 3 is 2.50 bits per heavy atom. The first-order valence-corrected chi connectivity index (χ1v) is 10.1. The fourth-order valence-corrected chi connectivity index (χ4v) is 4.84. The van der Waals surface area contributed by atoms with Crippen LogP contribution < -0.4 is 11.1 Å². The summed E-state index contributed by atoms with van der Waals surface area (Å²) in [7, 11) is 0. The number of nitrogens with one attached hydrogen (secondary N) is 1. The molecule has 2 aromatic carbocycles. The number of phenolic OH excluding ortho intramolecular Hbond substituents is 1. The molecule has 2 heterocycles. The molecule has 5 heteroatoms. The first-order chi connectivity index (χ1) is 13.2. The molecule has 2 aromatic rings. The number of likely N-dealkylation sites (tertiary alicyclic amines) is 1. The van der Waals surface area contributed by atoms with Gasteiger partial charge in [-0.2, -0.15) is 0 Å². The number of nitrogens with two attached hydrogens (primary N) is 1. The van der Waals surface area contributed by atoms with Crippen LogP contribution in [0, 0.1) is 11.2 Å². The van der Waals surface area contributed by atoms with Crippen molar-refractivity contribution in [1.82, 2.24) is 4.90 Å². The summed E-state index contributed by atoms with van der Waals surface area (Å²) < 4.78 is 15.8. The highest BCUT2D eigenvalue weighted by molar-refractivity contribution is 5.83. The highest BCUT2D eigenvalue weighted by Gasteiger charge is 2.45. The maximum atomic E-state index is 15.8. The number of phenols is 1. The van der Waals surface area contributed by atoms with Gasteiger partial charge in [-0.3, -0.25) is 0 Å². The van der Waals surface area contributed by atoms with Crippen molar-refractivity contribution in [3.8, 4) is 16.9 Å². The molecule has 0 bridgehead atoms. The number of anilines is 2. The lowest BCUT2D eigenvalue weighted by Crippen LogP contribution is -2.46. The predicted molar refractivity (Wildman–Crippen MR) is 113 cm³/mol. The predicted octanol–water partition coefficient (Wildman–Crippen LogP) is 4.59. The molecule has 2 aliphatic rings. The number of benzene rings is 2. The lowest BCUT2D eigenvalue weighted by atomic mass is 9.73. The van der Waals surface area contributed by atoms with E-state index in [1.54, 1.807) is 12.1 Å². The second-order valence-corrected chi connectivity index (χ2v) is 9.57. The topological polar surface area (TPSA) is 61.5 Å². The zero-order valence-electron chi connectivity index (χ0n) is 17.0. The molecular formula is C23H30FN3O. The molecule has 0 unspecified atom stereocenters. The minimum Gasteiger partial charge on any atom is -0.506 e. The average Bonchev–Trinajstić information content (AvgIpc) is 3.00. The third-order valence-electron chi connectivity index (χ3n) is 6.14. The zero-order valence-corrected chi connectivity index (χ0v) is 17.0. The number of piperidine rings is 1. The molecule has 4 N–H and O–H groups in total. The van der Waals surface area contributed by atoms with Crippen molar-refractivity contribution in [2.75, 3.05) is 37.2 Å². The number of para-hydroxylation sites is 1. The Morgan fingerprint density at radius 2 is 1.86 bits per heavy atom. The first kappa shape index (κ1) is 19.1. The van der Waals surface area contributed by atoms with Crippen molar-refractivity contribution in [2.24, 2.45) is 5.41 Å². The molecule has 0 radical (unpaired) electrons. The Hall–Kier alpha value is -2.27. The molecule has 0 atom stereocenters. The van der Waals surface area contributed by atoms with Gasteiger partial charge in [-0.1, -0.05) is 39.0 Å². The highest BCUT2D eigenvalue weighted by atomic mass is 19.1. The Balaban J connectivity index is 1.71. The van der Waals surface area contributed by atoms with Crippen LogP contribution in [0.2, 0.25) is 0 Å². The maximum absolute atomic E-state index is 15.8. The van der Waals surface area contributed by atoms with Crippen LogP contribution >= 0.6 is 0 Å². The molecule has 1 spiro atoms. The van der Waals surface area contributed by atoms with Crippen molar-refractivity contribution >= 4 is 11.4 Å². The molecule has 1 saturated heterocycles. The van der Waals surface area contributed by atoms with Crippen molar-refractivity contribution in [3.05, 3.63) is 41.7 Å². The number of nitrogen functional groups attached to an aromatic ring is 1. The van der Waals surface area contributed by atoms with Gasteiger partial charge in [-0.05, 0) is 43.5 Å². The number of aromatic hydroxyl groups is 1. The zero-order chi connectivity index (χ0) is 20.1. The van der Waals surface area contributed by atoms with Gasteiger partial charge in [-0.25, -0.2) is 4.39 Å². The first-order valence-electron chi connectivity index (χ1n) is 10.1. The van der Waals surface area contributed by atoms with Gasteiger partial charge >= 0.3 is 0 Å². The largest absolute Gasteiger partial charge is 0.506 e. The van der Waals surface area contributed by atoms with Gasteiger partial charge in [0.2, 0.25) is 0 Å². The van der Waals surface area contributed by atoms with Crippen molar-refractivity contribution in [2.45, 2.75) is 39.0 Å². The van der Waals surface area contributed by atoms with E-state index in [1.165, 1.54) is 6.07 Å². The molecule has 0 aromatic heterocycles. The van der Waals surface area contributed by atoms with Gasteiger partial charge in [-0.15, -0.1) is 0 Å². The van der Waals surface area contributed by atoms with E-state index >= 15 is 4.39 Å².